The third-order valence-corrected chi connectivity index (χ3v) is 3.11. The smallest absolute Gasteiger partial charge is 0.312 e. The average molecular weight is 293 g/mol. The van der Waals surface area contributed by atoms with Crippen molar-refractivity contribution in [3.8, 4) is 0 Å². The summed E-state index contributed by atoms with van der Waals surface area (Å²) in [6.45, 7) is 5.24. The fourth-order valence-electron chi connectivity index (χ4n) is 2.12. The fraction of sp³-hybridized carbons (Fsp3) is 0.833. The summed E-state index contributed by atoms with van der Waals surface area (Å²) in [6, 6.07) is -1.10. The minimum atomic E-state index is -0.627. The van der Waals surface area contributed by atoms with Gasteiger partial charge in [0.15, 0.2) is 0 Å². The van der Waals surface area contributed by atoms with Crippen LogP contribution in [0.1, 0.15) is 32.6 Å². The predicted octanol–water partition coefficient (Wildman–Crippen LogP) is 0.457. The molecular weight excluding hydrogens is 268 g/mol. The first-order chi connectivity index (χ1) is 8.65. The second-order valence-electron chi connectivity index (χ2n) is 4.63. The SMILES string of the molecule is CCCCC(NC(N)=O)C(=O)N1CCCNCC1.Cl. The van der Waals surface area contributed by atoms with Crippen LogP contribution in [0.5, 0.6) is 0 Å². The number of hydrogen-bond acceptors (Lipinski definition) is 3. The zero-order chi connectivity index (χ0) is 13.4. The molecule has 0 aromatic heterocycles. The van der Waals surface area contributed by atoms with Gasteiger partial charge >= 0.3 is 6.03 Å². The van der Waals surface area contributed by atoms with Crippen LogP contribution in [0.4, 0.5) is 4.79 Å². The summed E-state index contributed by atoms with van der Waals surface area (Å²) in [5.74, 6) is -0.00838. The van der Waals surface area contributed by atoms with E-state index in [2.05, 4.69) is 17.6 Å². The van der Waals surface area contributed by atoms with Crippen molar-refractivity contribution in [1.82, 2.24) is 15.5 Å². The molecule has 0 aromatic rings. The molecule has 0 radical (unpaired) electrons. The molecular formula is C12H25ClN4O2. The van der Waals surface area contributed by atoms with Crippen molar-refractivity contribution in [3.05, 3.63) is 0 Å². The molecule has 6 nitrogen and oxygen atoms in total. The number of unbranched alkanes of at least 4 members (excludes halogenated alkanes) is 1. The summed E-state index contributed by atoms with van der Waals surface area (Å²) in [6.07, 6.45) is 3.50. The van der Waals surface area contributed by atoms with Crippen LogP contribution < -0.4 is 16.4 Å². The highest BCUT2D eigenvalue weighted by Crippen LogP contribution is 2.06. The van der Waals surface area contributed by atoms with Gasteiger partial charge in [-0.15, -0.1) is 12.4 Å². The number of carbonyl (C=O) groups is 2. The van der Waals surface area contributed by atoms with E-state index in [1.165, 1.54) is 0 Å². The molecule has 0 aromatic carbocycles. The standard InChI is InChI=1S/C12H24N4O2.ClH/c1-2-3-5-10(15-12(13)18)11(17)16-8-4-6-14-7-9-16;/h10,14H,2-9H2,1H3,(H3,13,15,18);1H. The van der Waals surface area contributed by atoms with Crippen molar-refractivity contribution in [2.75, 3.05) is 26.2 Å². The first kappa shape index (κ1) is 18.0. The molecule has 4 N–H and O–H groups in total. The number of rotatable bonds is 5. The Morgan fingerprint density at radius 3 is 2.74 bits per heavy atom. The number of primary amides is 1. The highest BCUT2D eigenvalue weighted by atomic mass is 35.5. The van der Waals surface area contributed by atoms with Gasteiger partial charge in [0, 0.05) is 19.6 Å². The van der Waals surface area contributed by atoms with E-state index in [9.17, 15) is 9.59 Å². The normalized spacial score (nSPS) is 17.0. The van der Waals surface area contributed by atoms with E-state index >= 15 is 0 Å². The van der Waals surface area contributed by atoms with E-state index in [4.69, 9.17) is 5.73 Å². The van der Waals surface area contributed by atoms with Crippen LogP contribution in [0.15, 0.2) is 0 Å². The van der Waals surface area contributed by atoms with E-state index < -0.39 is 12.1 Å². The van der Waals surface area contributed by atoms with Crippen LogP contribution in [-0.4, -0.2) is 49.1 Å². The Hall–Kier alpha value is -1.01. The van der Waals surface area contributed by atoms with Crippen LogP contribution in [0.25, 0.3) is 0 Å². The highest BCUT2D eigenvalue weighted by Gasteiger charge is 2.25. The third kappa shape index (κ3) is 6.63. The summed E-state index contributed by atoms with van der Waals surface area (Å²) in [4.78, 5) is 25.1. The topological polar surface area (TPSA) is 87.5 Å². The monoisotopic (exact) mass is 292 g/mol. The van der Waals surface area contributed by atoms with Crippen molar-refractivity contribution in [2.45, 2.75) is 38.6 Å². The van der Waals surface area contributed by atoms with Crippen molar-refractivity contribution in [1.29, 1.82) is 0 Å². The predicted molar refractivity (Wildman–Crippen MR) is 77.3 cm³/mol. The summed E-state index contributed by atoms with van der Waals surface area (Å²) in [7, 11) is 0. The van der Waals surface area contributed by atoms with E-state index in [0.29, 0.717) is 13.0 Å². The number of nitrogens with zero attached hydrogens (tertiary/aromatic N) is 1. The number of amides is 3. The molecule has 1 rings (SSSR count). The molecule has 19 heavy (non-hydrogen) atoms. The van der Waals surface area contributed by atoms with Gasteiger partial charge in [-0.2, -0.15) is 0 Å². The van der Waals surface area contributed by atoms with Gasteiger partial charge in [-0.3, -0.25) is 4.79 Å². The zero-order valence-electron chi connectivity index (χ0n) is 11.5. The van der Waals surface area contributed by atoms with Crippen molar-refractivity contribution in [3.63, 3.8) is 0 Å². The van der Waals surface area contributed by atoms with E-state index in [0.717, 1.165) is 38.9 Å². The Kier molecular flexibility index (Phi) is 9.34. The summed E-state index contributed by atoms with van der Waals surface area (Å²) < 4.78 is 0. The van der Waals surface area contributed by atoms with Crippen molar-refractivity contribution in [2.24, 2.45) is 5.73 Å². The summed E-state index contributed by atoms with van der Waals surface area (Å²) >= 11 is 0. The lowest BCUT2D eigenvalue weighted by Gasteiger charge is -2.26. The quantitative estimate of drug-likeness (QED) is 0.688. The molecule has 1 aliphatic heterocycles. The molecule has 0 aliphatic carbocycles. The van der Waals surface area contributed by atoms with Gasteiger partial charge in [0.1, 0.15) is 6.04 Å². The van der Waals surface area contributed by atoms with Gasteiger partial charge in [-0.25, -0.2) is 4.79 Å². The van der Waals surface area contributed by atoms with Gasteiger partial charge in [-0.05, 0) is 19.4 Å². The molecule has 1 aliphatic rings. The van der Waals surface area contributed by atoms with Gasteiger partial charge in [0.2, 0.25) is 5.91 Å². The lowest BCUT2D eigenvalue weighted by atomic mass is 10.1. The van der Waals surface area contributed by atoms with Gasteiger partial charge in [0.25, 0.3) is 0 Å². The first-order valence-electron chi connectivity index (χ1n) is 6.70. The largest absolute Gasteiger partial charge is 0.352 e. The Balaban J connectivity index is 0.00000324. The summed E-state index contributed by atoms with van der Waals surface area (Å²) in [5.41, 5.74) is 5.13. The third-order valence-electron chi connectivity index (χ3n) is 3.11. The Morgan fingerprint density at radius 2 is 2.11 bits per heavy atom. The van der Waals surface area contributed by atoms with E-state index in [1.807, 2.05) is 4.90 Å². The number of nitrogens with one attached hydrogen (secondary N) is 2. The van der Waals surface area contributed by atoms with Crippen LogP contribution >= 0.6 is 12.4 Å². The van der Waals surface area contributed by atoms with Crippen LogP contribution in [0.2, 0.25) is 0 Å². The van der Waals surface area contributed by atoms with Crippen LogP contribution in [0.3, 0.4) is 0 Å². The number of hydrogen-bond donors (Lipinski definition) is 3. The maximum absolute atomic E-state index is 12.3. The van der Waals surface area contributed by atoms with E-state index in [1.54, 1.807) is 0 Å². The highest BCUT2D eigenvalue weighted by molar-refractivity contribution is 5.86. The molecule has 1 unspecified atom stereocenters. The molecule has 7 heteroatoms. The molecule has 1 fully saturated rings. The second kappa shape index (κ2) is 9.86. The van der Waals surface area contributed by atoms with Crippen LogP contribution in [0, 0.1) is 0 Å². The lowest BCUT2D eigenvalue weighted by molar-refractivity contribution is -0.133. The Morgan fingerprint density at radius 1 is 1.37 bits per heavy atom. The maximum atomic E-state index is 12.3. The Labute approximate surface area is 120 Å². The molecule has 3 amide bonds. The van der Waals surface area contributed by atoms with Crippen molar-refractivity contribution >= 4 is 24.3 Å². The second-order valence-corrected chi connectivity index (χ2v) is 4.63. The number of nitrogens with two attached hydrogens (primary N) is 1. The summed E-state index contributed by atoms with van der Waals surface area (Å²) in [5, 5.41) is 5.81. The number of urea groups is 1. The molecule has 1 heterocycles. The number of carbonyl (C=O) groups excluding carboxylic acids is 2. The van der Waals surface area contributed by atoms with Crippen molar-refractivity contribution < 1.29 is 9.59 Å². The minimum Gasteiger partial charge on any atom is -0.352 e. The fourth-order valence-corrected chi connectivity index (χ4v) is 2.12. The lowest BCUT2D eigenvalue weighted by Crippen LogP contribution is -2.50. The molecule has 1 atom stereocenters. The van der Waals surface area contributed by atoms with Gasteiger partial charge in [0.05, 0.1) is 0 Å². The minimum absolute atomic E-state index is 0. The molecule has 0 spiro atoms. The first-order valence-corrected chi connectivity index (χ1v) is 6.70. The Bertz CT molecular complexity index is 281. The van der Waals surface area contributed by atoms with E-state index in [-0.39, 0.29) is 18.3 Å². The average Bonchev–Trinajstić information content (AvgIpc) is 2.61. The van der Waals surface area contributed by atoms with Crippen LogP contribution in [-0.2, 0) is 4.79 Å². The number of halogens is 1. The van der Waals surface area contributed by atoms with Gasteiger partial charge in [-0.1, -0.05) is 19.8 Å². The molecule has 1 saturated heterocycles. The molecule has 112 valence electrons. The van der Waals surface area contributed by atoms with Gasteiger partial charge < -0.3 is 21.3 Å². The molecule has 0 bridgehead atoms. The maximum Gasteiger partial charge on any atom is 0.312 e. The molecule has 0 saturated carbocycles. The zero-order valence-corrected chi connectivity index (χ0v) is 12.3.